The lowest BCUT2D eigenvalue weighted by molar-refractivity contribution is -0.117. The van der Waals surface area contributed by atoms with Crippen molar-refractivity contribution in [1.82, 2.24) is 4.90 Å². The van der Waals surface area contributed by atoms with Crippen LogP contribution >= 0.6 is 0 Å². The van der Waals surface area contributed by atoms with Gasteiger partial charge in [0, 0.05) is 25.6 Å². The molecule has 0 saturated heterocycles. The van der Waals surface area contributed by atoms with Crippen molar-refractivity contribution >= 4 is 15.7 Å². The standard InChI is InChI=1S/C11H22N2O4S/c12-11(15)4-8-18(16,17)9-6-13(5-7-14)10-2-1-3-10/h10,14H,1-9H2,(H2,12,15). The first-order valence-corrected chi connectivity index (χ1v) is 8.10. The number of primary amides is 1. The van der Waals surface area contributed by atoms with Crippen molar-refractivity contribution in [1.29, 1.82) is 0 Å². The van der Waals surface area contributed by atoms with Gasteiger partial charge in [0.05, 0.1) is 18.1 Å². The number of rotatable bonds is 9. The summed E-state index contributed by atoms with van der Waals surface area (Å²) in [7, 11) is -3.23. The second-order valence-electron chi connectivity index (χ2n) is 4.71. The first-order chi connectivity index (χ1) is 8.44. The lowest BCUT2D eigenvalue weighted by atomic mass is 9.91. The molecule has 0 aromatic heterocycles. The molecule has 6 nitrogen and oxygen atoms in total. The Bertz CT molecular complexity index is 365. The van der Waals surface area contributed by atoms with Crippen LogP contribution in [0.2, 0.25) is 0 Å². The summed E-state index contributed by atoms with van der Waals surface area (Å²) in [5.74, 6) is -0.749. The number of hydrogen-bond donors (Lipinski definition) is 2. The average molecular weight is 278 g/mol. The SMILES string of the molecule is NC(=O)CCS(=O)(=O)CCN(CCO)C1CCC1. The molecule has 0 unspecified atom stereocenters. The van der Waals surface area contributed by atoms with Crippen LogP contribution in [0.5, 0.6) is 0 Å². The van der Waals surface area contributed by atoms with E-state index in [0.29, 0.717) is 19.1 Å². The molecule has 0 bridgehead atoms. The highest BCUT2D eigenvalue weighted by Crippen LogP contribution is 2.24. The fraction of sp³-hybridized carbons (Fsp3) is 0.909. The van der Waals surface area contributed by atoms with E-state index >= 15 is 0 Å². The molecule has 0 atom stereocenters. The van der Waals surface area contributed by atoms with E-state index in [1.807, 2.05) is 4.90 Å². The first kappa shape index (κ1) is 15.4. The molecular weight excluding hydrogens is 256 g/mol. The average Bonchev–Trinajstić information content (AvgIpc) is 2.21. The van der Waals surface area contributed by atoms with Gasteiger partial charge in [-0.15, -0.1) is 0 Å². The van der Waals surface area contributed by atoms with Gasteiger partial charge in [0.25, 0.3) is 0 Å². The topological polar surface area (TPSA) is 101 Å². The zero-order valence-corrected chi connectivity index (χ0v) is 11.4. The van der Waals surface area contributed by atoms with Gasteiger partial charge in [0.1, 0.15) is 0 Å². The maximum absolute atomic E-state index is 11.7. The molecule has 1 aliphatic carbocycles. The largest absolute Gasteiger partial charge is 0.395 e. The van der Waals surface area contributed by atoms with Crippen LogP contribution in [0.1, 0.15) is 25.7 Å². The summed E-state index contributed by atoms with van der Waals surface area (Å²) in [6.07, 6.45) is 3.19. The molecule has 0 spiro atoms. The minimum atomic E-state index is -3.23. The van der Waals surface area contributed by atoms with Gasteiger partial charge < -0.3 is 10.8 Å². The number of carbonyl (C=O) groups is 1. The van der Waals surface area contributed by atoms with Gasteiger partial charge >= 0.3 is 0 Å². The third kappa shape index (κ3) is 5.32. The van der Waals surface area contributed by atoms with Crippen LogP contribution in [0, 0.1) is 0 Å². The van der Waals surface area contributed by atoms with Crippen molar-refractivity contribution in [3.05, 3.63) is 0 Å². The van der Waals surface area contributed by atoms with Crippen LogP contribution in [-0.2, 0) is 14.6 Å². The van der Waals surface area contributed by atoms with E-state index in [4.69, 9.17) is 10.8 Å². The Morgan fingerprint density at radius 1 is 1.28 bits per heavy atom. The van der Waals surface area contributed by atoms with E-state index in [2.05, 4.69) is 0 Å². The van der Waals surface area contributed by atoms with Gasteiger partial charge in [-0.3, -0.25) is 9.69 Å². The normalized spacial score (nSPS) is 16.8. The van der Waals surface area contributed by atoms with Crippen LogP contribution in [-0.4, -0.2) is 61.6 Å². The molecule has 1 fully saturated rings. The van der Waals surface area contributed by atoms with Gasteiger partial charge in [-0.05, 0) is 12.8 Å². The van der Waals surface area contributed by atoms with Gasteiger partial charge in [0.15, 0.2) is 9.84 Å². The third-order valence-corrected chi connectivity index (χ3v) is 4.96. The number of sulfone groups is 1. The summed E-state index contributed by atoms with van der Waals surface area (Å²) in [5, 5.41) is 8.96. The Morgan fingerprint density at radius 3 is 2.39 bits per heavy atom. The van der Waals surface area contributed by atoms with Crippen molar-refractivity contribution in [2.24, 2.45) is 5.73 Å². The van der Waals surface area contributed by atoms with Gasteiger partial charge in [-0.2, -0.15) is 0 Å². The maximum atomic E-state index is 11.7. The molecule has 1 amide bonds. The molecule has 0 heterocycles. The monoisotopic (exact) mass is 278 g/mol. The highest BCUT2D eigenvalue weighted by molar-refractivity contribution is 7.91. The van der Waals surface area contributed by atoms with Crippen molar-refractivity contribution < 1.29 is 18.3 Å². The number of aliphatic hydroxyl groups excluding tert-OH is 1. The van der Waals surface area contributed by atoms with Crippen LogP contribution in [0.25, 0.3) is 0 Å². The molecule has 7 heteroatoms. The fourth-order valence-corrected chi connectivity index (χ4v) is 3.20. The van der Waals surface area contributed by atoms with Crippen LogP contribution in [0.3, 0.4) is 0 Å². The molecule has 0 aromatic carbocycles. The Hall–Kier alpha value is -0.660. The number of nitrogens with two attached hydrogens (primary N) is 1. The predicted octanol–water partition coefficient (Wildman–Crippen LogP) is -0.877. The first-order valence-electron chi connectivity index (χ1n) is 6.28. The Balaban J connectivity index is 2.37. The molecule has 1 rings (SSSR count). The van der Waals surface area contributed by atoms with Crippen molar-refractivity contribution in [3.63, 3.8) is 0 Å². The number of aliphatic hydroxyl groups is 1. The smallest absolute Gasteiger partial charge is 0.218 e. The molecule has 3 N–H and O–H groups in total. The highest BCUT2D eigenvalue weighted by atomic mass is 32.2. The second-order valence-corrected chi connectivity index (χ2v) is 7.02. The Labute approximate surface area is 108 Å². The lowest BCUT2D eigenvalue weighted by Crippen LogP contribution is -2.44. The van der Waals surface area contributed by atoms with Crippen molar-refractivity contribution in [3.8, 4) is 0 Å². The molecule has 1 saturated carbocycles. The summed E-state index contributed by atoms with van der Waals surface area (Å²) in [6, 6.07) is 0.406. The minimum absolute atomic E-state index is 0.0246. The van der Waals surface area contributed by atoms with Gasteiger partial charge in [0.2, 0.25) is 5.91 Å². The minimum Gasteiger partial charge on any atom is -0.395 e. The summed E-state index contributed by atoms with van der Waals surface area (Å²) < 4.78 is 23.4. The zero-order valence-electron chi connectivity index (χ0n) is 10.5. The molecule has 0 aromatic rings. The Kier molecular flexibility index (Phi) is 6.04. The van der Waals surface area contributed by atoms with E-state index < -0.39 is 15.7 Å². The lowest BCUT2D eigenvalue weighted by Gasteiger charge is -2.37. The summed E-state index contributed by atoms with van der Waals surface area (Å²) >= 11 is 0. The fourth-order valence-electron chi connectivity index (χ4n) is 1.97. The quantitative estimate of drug-likeness (QED) is 0.570. The molecule has 18 heavy (non-hydrogen) atoms. The molecule has 0 aliphatic heterocycles. The molecule has 1 aliphatic rings. The van der Waals surface area contributed by atoms with Crippen LogP contribution in [0.4, 0.5) is 0 Å². The van der Waals surface area contributed by atoms with E-state index in [9.17, 15) is 13.2 Å². The van der Waals surface area contributed by atoms with Crippen LogP contribution in [0.15, 0.2) is 0 Å². The second kappa shape index (κ2) is 7.06. The number of nitrogens with zero attached hydrogens (tertiary/aromatic N) is 1. The highest BCUT2D eigenvalue weighted by Gasteiger charge is 2.25. The molecule has 0 radical (unpaired) electrons. The number of hydrogen-bond acceptors (Lipinski definition) is 5. The van der Waals surface area contributed by atoms with E-state index in [1.165, 1.54) is 6.42 Å². The summed E-state index contributed by atoms with van der Waals surface area (Å²) in [4.78, 5) is 12.6. The van der Waals surface area contributed by atoms with Crippen molar-refractivity contribution in [2.75, 3.05) is 31.2 Å². The molecule has 106 valence electrons. The van der Waals surface area contributed by atoms with Crippen molar-refractivity contribution in [2.45, 2.75) is 31.7 Å². The Morgan fingerprint density at radius 2 is 1.94 bits per heavy atom. The van der Waals surface area contributed by atoms with Gasteiger partial charge in [-0.25, -0.2) is 8.42 Å². The third-order valence-electron chi connectivity index (χ3n) is 3.33. The van der Waals surface area contributed by atoms with Gasteiger partial charge in [-0.1, -0.05) is 6.42 Å². The number of carbonyl (C=O) groups excluding carboxylic acids is 1. The predicted molar refractivity (Wildman–Crippen MR) is 68.8 cm³/mol. The maximum Gasteiger partial charge on any atom is 0.218 e. The number of amides is 1. The summed E-state index contributed by atoms with van der Waals surface area (Å²) in [5.41, 5.74) is 4.94. The van der Waals surface area contributed by atoms with E-state index in [1.54, 1.807) is 0 Å². The zero-order chi connectivity index (χ0) is 13.6. The van der Waals surface area contributed by atoms with E-state index in [-0.39, 0.29) is 24.5 Å². The summed E-state index contributed by atoms with van der Waals surface area (Å²) in [6.45, 7) is 0.972. The molecular formula is C11H22N2O4S. The van der Waals surface area contributed by atoms with Crippen LogP contribution < -0.4 is 5.73 Å². The van der Waals surface area contributed by atoms with E-state index in [0.717, 1.165) is 12.8 Å².